The number of aryl methyl sites for hydroxylation is 1. The number of benzene rings is 1. The van der Waals surface area contributed by atoms with Gasteiger partial charge in [-0.05, 0) is 18.2 Å². The van der Waals surface area contributed by atoms with Crippen LogP contribution in [0.1, 0.15) is 5.56 Å². The molecule has 2 heterocycles. The Morgan fingerprint density at radius 2 is 2.05 bits per heavy atom. The van der Waals surface area contributed by atoms with Crippen LogP contribution >= 0.6 is 0 Å². The number of nitrogens with zero attached hydrogens (tertiary/aromatic N) is 3. The molecule has 0 bridgehead atoms. The van der Waals surface area contributed by atoms with Gasteiger partial charge in [-0.3, -0.25) is 4.68 Å². The van der Waals surface area contributed by atoms with Gasteiger partial charge >= 0.3 is 6.18 Å². The van der Waals surface area contributed by atoms with Gasteiger partial charge in [0.25, 0.3) is 0 Å². The number of rotatable bonds is 1. The van der Waals surface area contributed by atoms with Crippen LogP contribution in [-0.4, -0.2) is 19.7 Å². The van der Waals surface area contributed by atoms with Crippen molar-refractivity contribution in [2.75, 3.05) is 5.73 Å². The molecule has 0 aliphatic heterocycles. The van der Waals surface area contributed by atoms with E-state index < -0.39 is 11.7 Å². The van der Waals surface area contributed by atoms with Crippen LogP contribution in [0.25, 0.3) is 22.4 Å². The minimum atomic E-state index is -4.38. The molecule has 0 aliphatic carbocycles. The highest BCUT2D eigenvalue weighted by Gasteiger charge is 2.30. The molecule has 0 aliphatic rings. The summed E-state index contributed by atoms with van der Waals surface area (Å²) in [5.41, 5.74) is 6.39. The Bertz CT molecular complexity index is 784. The molecule has 3 aromatic rings. The number of fused-ring (bicyclic) bond motifs is 1. The van der Waals surface area contributed by atoms with Crippen molar-refractivity contribution < 1.29 is 13.2 Å². The monoisotopic (exact) mass is 281 g/mol. The van der Waals surface area contributed by atoms with Crippen molar-refractivity contribution in [1.82, 2.24) is 19.7 Å². The summed E-state index contributed by atoms with van der Waals surface area (Å²) in [5, 5.41) is 3.97. The highest BCUT2D eigenvalue weighted by molar-refractivity contribution is 5.82. The van der Waals surface area contributed by atoms with Crippen molar-refractivity contribution >= 4 is 16.9 Å². The van der Waals surface area contributed by atoms with Gasteiger partial charge in [0.15, 0.2) is 0 Å². The Morgan fingerprint density at radius 1 is 1.30 bits per heavy atom. The molecule has 0 atom stereocenters. The van der Waals surface area contributed by atoms with Crippen molar-refractivity contribution in [2.45, 2.75) is 6.18 Å². The number of hydrogen-bond donors (Lipinski definition) is 2. The summed E-state index contributed by atoms with van der Waals surface area (Å²) in [6, 6.07) is 3.35. The van der Waals surface area contributed by atoms with Crippen LogP contribution in [0.5, 0.6) is 0 Å². The first-order chi connectivity index (χ1) is 9.36. The van der Waals surface area contributed by atoms with Crippen LogP contribution in [0, 0.1) is 0 Å². The smallest absolute Gasteiger partial charge is 0.383 e. The van der Waals surface area contributed by atoms with Crippen molar-refractivity contribution in [1.29, 1.82) is 0 Å². The quantitative estimate of drug-likeness (QED) is 0.720. The minimum Gasteiger partial charge on any atom is -0.383 e. The maximum atomic E-state index is 12.6. The summed E-state index contributed by atoms with van der Waals surface area (Å²) in [6.45, 7) is 0. The van der Waals surface area contributed by atoms with Gasteiger partial charge in [-0.1, -0.05) is 0 Å². The standard InChI is InChI=1S/C12H10F3N5/c1-20-10(16)7(5-17-20)11-18-8-3-2-6(12(13,14)15)4-9(8)19-11/h2-5H,16H2,1H3,(H,18,19). The summed E-state index contributed by atoms with van der Waals surface area (Å²) in [5.74, 6) is 0.782. The average molecular weight is 281 g/mol. The van der Waals surface area contributed by atoms with Crippen LogP contribution < -0.4 is 5.73 Å². The summed E-state index contributed by atoms with van der Waals surface area (Å²) in [7, 11) is 1.67. The van der Waals surface area contributed by atoms with E-state index in [9.17, 15) is 13.2 Å². The van der Waals surface area contributed by atoms with E-state index in [2.05, 4.69) is 15.1 Å². The predicted octanol–water partition coefficient (Wildman–Crippen LogP) is 2.56. The number of imidazole rings is 1. The third kappa shape index (κ3) is 1.89. The fourth-order valence-corrected chi connectivity index (χ4v) is 1.94. The summed E-state index contributed by atoms with van der Waals surface area (Å²) < 4.78 is 39.4. The number of halogens is 3. The van der Waals surface area contributed by atoms with Crippen molar-refractivity contribution in [3.8, 4) is 11.4 Å². The molecule has 0 fully saturated rings. The average Bonchev–Trinajstić information content (AvgIpc) is 2.92. The Morgan fingerprint density at radius 3 is 2.65 bits per heavy atom. The Balaban J connectivity index is 2.14. The molecule has 0 unspecified atom stereocenters. The lowest BCUT2D eigenvalue weighted by Gasteiger charge is -2.05. The molecule has 8 heteroatoms. The van der Waals surface area contributed by atoms with Crippen LogP contribution in [0.2, 0.25) is 0 Å². The zero-order chi connectivity index (χ0) is 14.5. The molecular weight excluding hydrogens is 271 g/mol. The molecule has 2 aromatic heterocycles. The van der Waals surface area contributed by atoms with Gasteiger partial charge in [-0.2, -0.15) is 18.3 Å². The van der Waals surface area contributed by atoms with E-state index in [1.165, 1.54) is 16.9 Å². The topological polar surface area (TPSA) is 72.5 Å². The van der Waals surface area contributed by atoms with Gasteiger partial charge in [0.2, 0.25) is 0 Å². The molecule has 0 amide bonds. The predicted molar refractivity (Wildman–Crippen MR) is 67.7 cm³/mol. The molecule has 5 nitrogen and oxygen atoms in total. The van der Waals surface area contributed by atoms with Gasteiger partial charge in [0, 0.05) is 7.05 Å². The number of aromatic nitrogens is 4. The lowest BCUT2D eigenvalue weighted by atomic mass is 10.2. The first-order valence-corrected chi connectivity index (χ1v) is 5.71. The number of anilines is 1. The van der Waals surface area contributed by atoms with E-state index >= 15 is 0 Å². The van der Waals surface area contributed by atoms with E-state index in [-0.39, 0.29) is 0 Å². The molecule has 3 N–H and O–H groups in total. The van der Waals surface area contributed by atoms with Gasteiger partial charge in [0.05, 0.1) is 28.4 Å². The van der Waals surface area contributed by atoms with Gasteiger partial charge in [-0.15, -0.1) is 0 Å². The van der Waals surface area contributed by atoms with Crippen LogP contribution in [0.4, 0.5) is 19.0 Å². The Labute approximate surface area is 111 Å². The van der Waals surface area contributed by atoms with Crippen molar-refractivity contribution in [2.24, 2.45) is 7.05 Å². The second-order valence-corrected chi connectivity index (χ2v) is 4.38. The largest absolute Gasteiger partial charge is 0.416 e. The lowest BCUT2D eigenvalue weighted by Crippen LogP contribution is -2.04. The van der Waals surface area contributed by atoms with Crippen LogP contribution in [-0.2, 0) is 13.2 Å². The van der Waals surface area contributed by atoms with Crippen LogP contribution in [0.3, 0.4) is 0 Å². The summed E-state index contributed by atoms with van der Waals surface area (Å²) in [4.78, 5) is 7.06. The van der Waals surface area contributed by atoms with E-state index in [1.54, 1.807) is 7.05 Å². The summed E-state index contributed by atoms with van der Waals surface area (Å²) >= 11 is 0. The molecular formula is C12H10F3N5. The van der Waals surface area contributed by atoms with Crippen molar-refractivity contribution in [3.63, 3.8) is 0 Å². The highest BCUT2D eigenvalue weighted by Crippen LogP contribution is 2.32. The number of alkyl halides is 3. The van der Waals surface area contributed by atoms with Gasteiger partial charge in [0.1, 0.15) is 11.6 Å². The van der Waals surface area contributed by atoms with E-state index in [4.69, 9.17) is 5.73 Å². The second kappa shape index (κ2) is 3.99. The third-order valence-electron chi connectivity index (χ3n) is 3.05. The molecule has 0 radical (unpaired) electrons. The molecule has 0 saturated carbocycles. The van der Waals surface area contributed by atoms with E-state index in [0.717, 1.165) is 12.1 Å². The number of aromatic amines is 1. The SMILES string of the molecule is Cn1ncc(-c2nc3ccc(C(F)(F)F)cc3[nH]2)c1N. The fraction of sp³-hybridized carbons (Fsp3) is 0.167. The third-order valence-corrected chi connectivity index (χ3v) is 3.05. The molecule has 0 spiro atoms. The van der Waals surface area contributed by atoms with E-state index in [0.29, 0.717) is 28.2 Å². The number of H-pyrrole nitrogens is 1. The molecule has 104 valence electrons. The van der Waals surface area contributed by atoms with E-state index in [1.807, 2.05) is 0 Å². The maximum absolute atomic E-state index is 12.6. The van der Waals surface area contributed by atoms with Crippen molar-refractivity contribution in [3.05, 3.63) is 30.0 Å². The van der Waals surface area contributed by atoms with Gasteiger partial charge < -0.3 is 10.7 Å². The zero-order valence-electron chi connectivity index (χ0n) is 10.4. The first kappa shape index (κ1) is 12.5. The zero-order valence-corrected chi connectivity index (χ0v) is 10.4. The second-order valence-electron chi connectivity index (χ2n) is 4.38. The number of nitrogens with one attached hydrogen (secondary N) is 1. The number of nitrogen functional groups attached to an aromatic ring is 1. The lowest BCUT2D eigenvalue weighted by molar-refractivity contribution is -0.137. The summed E-state index contributed by atoms with van der Waals surface area (Å²) in [6.07, 6.45) is -2.87. The first-order valence-electron chi connectivity index (χ1n) is 5.71. The van der Waals surface area contributed by atoms with Gasteiger partial charge in [-0.25, -0.2) is 4.98 Å². The maximum Gasteiger partial charge on any atom is 0.416 e. The fourth-order valence-electron chi connectivity index (χ4n) is 1.94. The molecule has 3 rings (SSSR count). The Kier molecular flexibility index (Phi) is 2.50. The normalized spacial score (nSPS) is 12.2. The van der Waals surface area contributed by atoms with Crippen LogP contribution in [0.15, 0.2) is 24.4 Å². The minimum absolute atomic E-state index is 0.304. The highest BCUT2D eigenvalue weighted by atomic mass is 19.4. The molecule has 1 aromatic carbocycles. The number of nitrogens with two attached hydrogens (primary N) is 1. The molecule has 20 heavy (non-hydrogen) atoms. The number of hydrogen-bond acceptors (Lipinski definition) is 3. The Hall–Kier alpha value is -2.51. The molecule has 0 saturated heterocycles.